The van der Waals surface area contributed by atoms with Crippen LogP contribution in [0.4, 0.5) is 8.78 Å². The molecule has 1 aromatic carbocycles. The molecule has 1 fully saturated rings. The molecule has 1 saturated heterocycles. The normalized spacial score (nSPS) is 20.6. The lowest BCUT2D eigenvalue weighted by atomic mass is 9.99. The number of likely N-dealkylation sites (N-methyl/N-ethyl adjacent to an activating group) is 1. The number of rotatable bonds is 3. The predicted molar refractivity (Wildman–Crippen MR) is 89.3 cm³/mol. The van der Waals surface area contributed by atoms with Crippen LogP contribution in [-0.2, 0) is 7.05 Å². The van der Waals surface area contributed by atoms with Gasteiger partial charge in [0.05, 0.1) is 17.6 Å². The Kier molecular flexibility index (Phi) is 4.67. The number of nitrogens with one attached hydrogen (secondary N) is 1. The molecule has 0 unspecified atom stereocenters. The minimum atomic E-state index is -0.902. The molecule has 2 atom stereocenters. The first-order valence-electron chi connectivity index (χ1n) is 7.99. The number of benzene rings is 1. The number of halogens is 2. The highest BCUT2D eigenvalue weighted by Gasteiger charge is 2.34. The van der Waals surface area contributed by atoms with Crippen LogP contribution in [0.25, 0.3) is 0 Å². The van der Waals surface area contributed by atoms with Crippen LogP contribution in [0.1, 0.15) is 28.4 Å². The van der Waals surface area contributed by atoms with E-state index in [-0.39, 0.29) is 23.6 Å². The SMILES string of the molecule is CN1CC[C@@H](NC(=O)c2ccc(=O)n(C)c2)[C@H]1c1ccc(F)c(F)c1. The number of aryl methyl sites for hydroxylation is 1. The Balaban J connectivity index is 1.82. The number of hydrogen-bond acceptors (Lipinski definition) is 3. The van der Waals surface area contributed by atoms with Gasteiger partial charge < -0.3 is 9.88 Å². The van der Waals surface area contributed by atoms with Gasteiger partial charge in [0.25, 0.3) is 5.91 Å². The van der Waals surface area contributed by atoms with Crippen LogP contribution in [0.5, 0.6) is 0 Å². The molecule has 1 aliphatic rings. The summed E-state index contributed by atoms with van der Waals surface area (Å²) in [6, 6.07) is 6.14. The van der Waals surface area contributed by atoms with Gasteiger partial charge in [-0.25, -0.2) is 8.78 Å². The zero-order valence-corrected chi connectivity index (χ0v) is 14.0. The predicted octanol–water partition coefficient (Wildman–Crippen LogP) is 1.84. The second-order valence-electron chi connectivity index (χ2n) is 6.33. The molecule has 0 aliphatic carbocycles. The van der Waals surface area contributed by atoms with Crippen LogP contribution in [-0.4, -0.2) is 35.0 Å². The first-order chi connectivity index (χ1) is 11.9. The Bertz CT molecular complexity index is 866. The molecule has 1 amide bonds. The monoisotopic (exact) mass is 347 g/mol. The molecule has 7 heteroatoms. The number of aromatic nitrogens is 1. The van der Waals surface area contributed by atoms with Gasteiger partial charge in [-0.1, -0.05) is 6.07 Å². The highest BCUT2D eigenvalue weighted by atomic mass is 19.2. The van der Waals surface area contributed by atoms with Crippen LogP contribution in [0.2, 0.25) is 0 Å². The van der Waals surface area contributed by atoms with Gasteiger partial charge in [-0.05, 0) is 37.2 Å². The van der Waals surface area contributed by atoms with Gasteiger partial charge in [-0.3, -0.25) is 14.5 Å². The minimum Gasteiger partial charge on any atom is -0.347 e. The Morgan fingerprint density at radius 2 is 1.92 bits per heavy atom. The molecule has 0 saturated carbocycles. The highest BCUT2D eigenvalue weighted by molar-refractivity contribution is 5.94. The maximum atomic E-state index is 13.6. The second kappa shape index (κ2) is 6.76. The van der Waals surface area contributed by atoms with Crippen LogP contribution in [0, 0.1) is 11.6 Å². The van der Waals surface area contributed by atoms with Crippen molar-refractivity contribution < 1.29 is 13.6 Å². The van der Waals surface area contributed by atoms with E-state index in [1.165, 1.54) is 35.0 Å². The van der Waals surface area contributed by atoms with Crippen molar-refractivity contribution >= 4 is 5.91 Å². The van der Waals surface area contributed by atoms with Gasteiger partial charge in [0.15, 0.2) is 11.6 Å². The summed E-state index contributed by atoms with van der Waals surface area (Å²) in [7, 11) is 3.46. The average Bonchev–Trinajstić information content (AvgIpc) is 2.93. The molecule has 1 aromatic heterocycles. The van der Waals surface area contributed by atoms with E-state index in [1.807, 2.05) is 11.9 Å². The molecular weight excluding hydrogens is 328 g/mol. The summed E-state index contributed by atoms with van der Waals surface area (Å²) in [6.07, 6.45) is 2.17. The molecule has 2 aromatic rings. The van der Waals surface area contributed by atoms with Crippen LogP contribution in [0.3, 0.4) is 0 Å². The molecule has 25 heavy (non-hydrogen) atoms. The van der Waals surface area contributed by atoms with Crippen molar-refractivity contribution in [1.82, 2.24) is 14.8 Å². The largest absolute Gasteiger partial charge is 0.347 e. The summed E-state index contributed by atoms with van der Waals surface area (Å²) in [5.74, 6) is -2.10. The Hall–Kier alpha value is -2.54. The number of carbonyl (C=O) groups excluding carboxylic acids is 1. The van der Waals surface area contributed by atoms with Gasteiger partial charge in [0.2, 0.25) is 5.56 Å². The number of pyridine rings is 1. The molecule has 1 aliphatic heterocycles. The fraction of sp³-hybridized carbons (Fsp3) is 0.333. The third kappa shape index (κ3) is 3.46. The van der Waals surface area contributed by atoms with Crippen molar-refractivity contribution in [3.8, 4) is 0 Å². The van der Waals surface area contributed by atoms with Crippen molar-refractivity contribution in [2.45, 2.75) is 18.5 Å². The zero-order valence-electron chi connectivity index (χ0n) is 14.0. The summed E-state index contributed by atoms with van der Waals surface area (Å²) in [5.41, 5.74) is 0.794. The van der Waals surface area contributed by atoms with Crippen LogP contribution < -0.4 is 10.9 Å². The smallest absolute Gasteiger partial charge is 0.253 e. The van der Waals surface area contributed by atoms with Gasteiger partial charge in [-0.15, -0.1) is 0 Å². The summed E-state index contributed by atoms with van der Waals surface area (Å²) in [5, 5.41) is 2.94. The van der Waals surface area contributed by atoms with Crippen molar-refractivity contribution in [3.63, 3.8) is 0 Å². The van der Waals surface area contributed by atoms with Crippen molar-refractivity contribution in [3.05, 3.63) is 69.6 Å². The number of hydrogen-bond donors (Lipinski definition) is 1. The number of likely N-dealkylation sites (tertiary alicyclic amines) is 1. The number of nitrogens with zero attached hydrogens (tertiary/aromatic N) is 2. The molecular formula is C18H19F2N3O2. The van der Waals surface area contributed by atoms with E-state index in [9.17, 15) is 18.4 Å². The fourth-order valence-electron chi connectivity index (χ4n) is 3.26. The Labute approximate surface area is 143 Å². The lowest BCUT2D eigenvalue weighted by Gasteiger charge is -2.26. The van der Waals surface area contributed by atoms with Gasteiger partial charge in [-0.2, -0.15) is 0 Å². The molecule has 0 radical (unpaired) electrons. The first-order valence-corrected chi connectivity index (χ1v) is 7.99. The zero-order chi connectivity index (χ0) is 18.1. The van der Waals surface area contributed by atoms with E-state index in [0.29, 0.717) is 17.5 Å². The fourth-order valence-corrected chi connectivity index (χ4v) is 3.26. The number of carbonyl (C=O) groups is 1. The van der Waals surface area contributed by atoms with E-state index in [2.05, 4.69) is 5.32 Å². The average molecular weight is 347 g/mol. The summed E-state index contributed by atoms with van der Waals surface area (Å²) < 4.78 is 28.1. The van der Waals surface area contributed by atoms with E-state index in [1.54, 1.807) is 7.05 Å². The van der Waals surface area contributed by atoms with Gasteiger partial charge in [0, 0.05) is 25.9 Å². The standard InChI is InChI=1S/C18H19F2N3O2/c1-22-8-7-15(17(22)11-3-5-13(19)14(20)9-11)21-18(25)12-4-6-16(24)23(2)10-12/h3-6,9-10,15,17H,7-8H2,1-2H3,(H,21,25)/t15-,17-/m1/s1. The van der Waals surface area contributed by atoms with E-state index < -0.39 is 11.6 Å². The van der Waals surface area contributed by atoms with Crippen molar-refractivity contribution in [2.75, 3.05) is 13.6 Å². The summed E-state index contributed by atoms with van der Waals surface area (Å²) >= 11 is 0. The van der Waals surface area contributed by atoms with Crippen LogP contribution in [0.15, 0.2) is 41.3 Å². The minimum absolute atomic E-state index is 0.197. The number of amides is 1. The van der Waals surface area contributed by atoms with Gasteiger partial charge in [0.1, 0.15) is 0 Å². The Morgan fingerprint density at radius 1 is 1.16 bits per heavy atom. The van der Waals surface area contributed by atoms with Crippen molar-refractivity contribution in [2.24, 2.45) is 7.05 Å². The summed E-state index contributed by atoms with van der Waals surface area (Å²) in [4.78, 5) is 25.9. The summed E-state index contributed by atoms with van der Waals surface area (Å²) in [6.45, 7) is 0.724. The molecule has 2 heterocycles. The van der Waals surface area contributed by atoms with E-state index in [4.69, 9.17) is 0 Å². The quantitative estimate of drug-likeness (QED) is 0.922. The molecule has 0 spiro atoms. The third-order valence-corrected chi connectivity index (χ3v) is 4.60. The van der Waals surface area contributed by atoms with E-state index in [0.717, 1.165) is 12.6 Å². The highest BCUT2D eigenvalue weighted by Crippen LogP contribution is 2.31. The van der Waals surface area contributed by atoms with E-state index >= 15 is 0 Å². The lowest BCUT2D eigenvalue weighted by Crippen LogP contribution is -2.39. The maximum Gasteiger partial charge on any atom is 0.253 e. The molecule has 1 N–H and O–H groups in total. The first kappa shape index (κ1) is 17.3. The van der Waals surface area contributed by atoms with Gasteiger partial charge >= 0.3 is 0 Å². The molecule has 3 rings (SSSR count). The lowest BCUT2D eigenvalue weighted by molar-refractivity contribution is 0.0927. The molecule has 0 bridgehead atoms. The second-order valence-corrected chi connectivity index (χ2v) is 6.33. The molecule has 132 valence electrons. The maximum absolute atomic E-state index is 13.6. The van der Waals surface area contributed by atoms with Crippen molar-refractivity contribution in [1.29, 1.82) is 0 Å². The van der Waals surface area contributed by atoms with Crippen LogP contribution >= 0.6 is 0 Å². The molecule has 5 nitrogen and oxygen atoms in total. The Morgan fingerprint density at radius 3 is 2.60 bits per heavy atom. The third-order valence-electron chi connectivity index (χ3n) is 4.60. The topological polar surface area (TPSA) is 54.3 Å².